The quantitative estimate of drug-likeness (QED) is 0.567. The highest BCUT2D eigenvalue weighted by Gasteiger charge is 2.71. The van der Waals surface area contributed by atoms with Crippen LogP contribution in [0, 0.1) is 18.2 Å². The zero-order valence-electron chi connectivity index (χ0n) is 16.3. The molecule has 1 amide bonds. The van der Waals surface area contributed by atoms with Gasteiger partial charge in [0.1, 0.15) is 24.4 Å². The summed E-state index contributed by atoms with van der Waals surface area (Å²) in [7, 11) is 1.86. The summed E-state index contributed by atoms with van der Waals surface area (Å²) in [6.07, 6.45) is 1.14. The van der Waals surface area contributed by atoms with Crippen molar-refractivity contribution < 1.29 is 19.0 Å². The number of aliphatic hydroxyl groups excluding tert-OH is 1. The van der Waals surface area contributed by atoms with E-state index in [0.29, 0.717) is 31.6 Å². The molecule has 5 rings (SSSR count). The van der Waals surface area contributed by atoms with Crippen molar-refractivity contribution in [1.29, 1.82) is 0 Å². The molecule has 9 heteroatoms. The van der Waals surface area contributed by atoms with Crippen LogP contribution >= 0.6 is 11.6 Å². The normalized spacial score (nSPS) is 25.7. The van der Waals surface area contributed by atoms with Crippen LogP contribution < -0.4 is 15.4 Å². The average molecular weight is 423 g/mol. The Balaban J connectivity index is 1.21. The first-order valence-electron chi connectivity index (χ1n) is 9.52. The highest BCUT2D eigenvalue weighted by atomic mass is 35.5. The number of benzene rings is 1. The van der Waals surface area contributed by atoms with E-state index >= 15 is 0 Å². The number of aryl methyl sites for hydroxylation is 2. The summed E-state index contributed by atoms with van der Waals surface area (Å²) in [6, 6.07) is 6.08. The van der Waals surface area contributed by atoms with Gasteiger partial charge in [0.05, 0.1) is 28.4 Å². The second kappa shape index (κ2) is 7.27. The summed E-state index contributed by atoms with van der Waals surface area (Å²) < 4.78 is 20.6. The van der Waals surface area contributed by atoms with E-state index in [-0.39, 0.29) is 28.5 Å². The second-order valence-electron chi connectivity index (χ2n) is 8.22. The number of ether oxygens (including phenoxy) is 1. The predicted octanol–water partition coefficient (Wildman–Crippen LogP) is 2.05. The lowest BCUT2D eigenvalue weighted by molar-refractivity contribution is -0.190. The Labute approximate surface area is 173 Å². The number of amides is 1. The summed E-state index contributed by atoms with van der Waals surface area (Å²) >= 11 is 5.64. The Morgan fingerprint density at radius 2 is 2.14 bits per heavy atom. The number of aliphatic hydroxyl groups is 1. The molecule has 7 nitrogen and oxygen atoms in total. The number of aromatic nitrogens is 2. The van der Waals surface area contributed by atoms with Gasteiger partial charge in [-0.1, -0.05) is 11.6 Å². The van der Waals surface area contributed by atoms with Gasteiger partial charge in [-0.05, 0) is 44.4 Å². The molecule has 3 fully saturated rings. The molecule has 29 heavy (non-hydrogen) atoms. The molecule has 2 bridgehead atoms. The molecule has 3 aliphatic carbocycles. The van der Waals surface area contributed by atoms with Crippen LogP contribution in [0.25, 0.3) is 0 Å². The van der Waals surface area contributed by atoms with Crippen molar-refractivity contribution >= 4 is 17.5 Å². The molecule has 0 saturated heterocycles. The Morgan fingerprint density at radius 1 is 1.41 bits per heavy atom. The van der Waals surface area contributed by atoms with Crippen molar-refractivity contribution in [1.82, 2.24) is 20.4 Å². The number of carbonyl (C=O) groups excluding carboxylic acids is 1. The molecule has 1 heterocycles. The van der Waals surface area contributed by atoms with Gasteiger partial charge in [-0.25, -0.2) is 4.39 Å². The van der Waals surface area contributed by atoms with Crippen molar-refractivity contribution in [3.63, 3.8) is 0 Å². The summed E-state index contributed by atoms with van der Waals surface area (Å²) in [5.74, 6) is -0.228. The molecule has 0 spiro atoms. The Bertz CT molecular complexity index is 928. The molecular weight excluding hydrogens is 399 g/mol. The lowest BCUT2D eigenvalue weighted by atomic mass is 9.39. The second-order valence-corrected chi connectivity index (χ2v) is 8.63. The first-order valence-corrected chi connectivity index (χ1v) is 9.90. The van der Waals surface area contributed by atoms with E-state index in [0.717, 1.165) is 11.4 Å². The molecule has 1 aromatic carbocycles. The monoisotopic (exact) mass is 422 g/mol. The van der Waals surface area contributed by atoms with Gasteiger partial charge in [-0.15, -0.1) is 0 Å². The third-order valence-corrected chi connectivity index (χ3v) is 6.12. The van der Waals surface area contributed by atoms with Crippen molar-refractivity contribution in [3.8, 4) is 5.75 Å². The fraction of sp³-hybridized carbons (Fsp3) is 0.500. The van der Waals surface area contributed by atoms with Crippen molar-refractivity contribution in [2.75, 3.05) is 6.61 Å². The van der Waals surface area contributed by atoms with Gasteiger partial charge in [0.25, 0.3) is 0 Å². The number of nitrogens with zero attached hydrogens (tertiary/aromatic N) is 2. The van der Waals surface area contributed by atoms with Gasteiger partial charge in [0.2, 0.25) is 5.91 Å². The van der Waals surface area contributed by atoms with E-state index in [1.807, 2.05) is 20.0 Å². The summed E-state index contributed by atoms with van der Waals surface area (Å²) in [4.78, 5) is 12.6. The van der Waals surface area contributed by atoms with Crippen LogP contribution in [-0.4, -0.2) is 39.2 Å². The molecule has 0 radical (unpaired) electrons. The zero-order valence-corrected chi connectivity index (χ0v) is 17.1. The van der Waals surface area contributed by atoms with Crippen molar-refractivity contribution in [3.05, 3.63) is 46.5 Å². The minimum Gasteiger partial charge on any atom is -0.489 e. The summed E-state index contributed by atoms with van der Waals surface area (Å²) in [5, 5.41) is 20.6. The standard InChI is InChI=1S/C20H24ClFN4O3/c1-12-5-13(26(2)25-12)7-23-18(28)19-9-20(10-19,11-19)24-17(27)8-29-14-3-4-15(21)16(22)6-14/h3-6,17,24,27H,7-11H2,1-2H3,(H,23,28). The molecule has 156 valence electrons. The van der Waals surface area contributed by atoms with Crippen LogP contribution in [0.3, 0.4) is 0 Å². The Morgan fingerprint density at radius 3 is 2.76 bits per heavy atom. The van der Waals surface area contributed by atoms with Crippen molar-refractivity contribution in [2.24, 2.45) is 12.5 Å². The minimum atomic E-state index is -0.910. The van der Waals surface area contributed by atoms with E-state index < -0.39 is 12.0 Å². The average Bonchev–Trinajstić information content (AvgIpc) is 2.93. The van der Waals surface area contributed by atoms with Crippen LogP contribution in [0.5, 0.6) is 5.75 Å². The highest BCUT2D eigenvalue weighted by molar-refractivity contribution is 6.30. The fourth-order valence-corrected chi connectivity index (χ4v) is 4.62. The van der Waals surface area contributed by atoms with Gasteiger partial charge >= 0.3 is 0 Å². The van der Waals surface area contributed by atoms with E-state index in [1.165, 1.54) is 12.1 Å². The van der Waals surface area contributed by atoms with E-state index in [9.17, 15) is 14.3 Å². The minimum absolute atomic E-state index is 0.0204. The van der Waals surface area contributed by atoms with Crippen LogP contribution in [0.4, 0.5) is 4.39 Å². The maximum absolute atomic E-state index is 13.4. The number of rotatable bonds is 8. The molecule has 3 saturated carbocycles. The zero-order chi connectivity index (χ0) is 20.8. The molecular formula is C20H24ClFN4O3. The Kier molecular flexibility index (Phi) is 5.04. The molecule has 0 aliphatic heterocycles. The van der Waals surface area contributed by atoms with Gasteiger partial charge in [0.15, 0.2) is 0 Å². The van der Waals surface area contributed by atoms with E-state index in [1.54, 1.807) is 10.7 Å². The van der Waals surface area contributed by atoms with E-state index in [4.69, 9.17) is 16.3 Å². The summed E-state index contributed by atoms with van der Waals surface area (Å²) in [5.41, 5.74) is 1.30. The van der Waals surface area contributed by atoms with Crippen molar-refractivity contribution in [2.45, 2.75) is 44.5 Å². The number of halogens is 2. The number of nitrogens with one attached hydrogen (secondary N) is 2. The SMILES string of the molecule is Cc1cc(CNC(=O)C23CC(NC(O)COc4ccc(Cl)c(F)c4)(C2)C3)n(C)n1. The Hall–Kier alpha value is -2.16. The van der Waals surface area contributed by atoms with Gasteiger partial charge < -0.3 is 15.2 Å². The first-order chi connectivity index (χ1) is 13.7. The number of hydrogen-bond acceptors (Lipinski definition) is 5. The van der Waals surface area contributed by atoms with Gasteiger partial charge in [-0.3, -0.25) is 14.8 Å². The molecule has 2 aromatic rings. The molecule has 1 aromatic heterocycles. The largest absolute Gasteiger partial charge is 0.489 e. The molecule has 1 atom stereocenters. The van der Waals surface area contributed by atoms with Gasteiger partial charge in [0, 0.05) is 18.7 Å². The van der Waals surface area contributed by atoms with Crippen LogP contribution in [0.15, 0.2) is 24.3 Å². The number of carbonyl (C=O) groups is 1. The first kappa shape index (κ1) is 20.1. The predicted molar refractivity (Wildman–Crippen MR) is 105 cm³/mol. The molecule has 1 unspecified atom stereocenters. The van der Waals surface area contributed by atoms with Crippen LogP contribution in [-0.2, 0) is 18.4 Å². The topological polar surface area (TPSA) is 88.4 Å². The summed E-state index contributed by atoms with van der Waals surface area (Å²) in [6.45, 7) is 2.34. The van der Waals surface area contributed by atoms with Crippen LogP contribution in [0.1, 0.15) is 30.7 Å². The third kappa shape index (κ3) is 3.84. The highest BCUT2D eigenvalue weighted by Crippen LogP contribution is 2.67. The van der Waals surface area contributed by atoms with Crippen LogP contribution in [0.2, 0.25) is 5.02 Å². The van der Waals surface area contributed by atoms with Gasteiger partial charge in [-0.2, -0.15) is 5.10 Å². The lowest BCUT2D eigenvalue weighted by Gasteiger charge is -2.69. The lowest BCUT2D eigenvalue weighted by Crippen LogP contribution is -2.79. The third-order valence-electron chi connectivity index (χ3n) is 5.81. The smallest absolute Gasteiger partial charge is 0.226 e. The molecule has 3 N–H and O–H groups in total. The maximum atomic E-state index is 13.4. The maximum Gasteiger partial charge on any atom is 0.226 e. The fourth-order valence-electron chi connectivity index (χ4n) is 4.51. The molecule has 3 aliphatic rings. The number of hydrogen-bond donors (Lipinski definition) is 3. The van der Waals surface area contributed by atoms with E-state index in [2.05, 4.69) is 15.7 Å².